The van der Waals surface area contributed by atoms with Gasteiger partial charge < -0.3 is 5.11 Å². The SMILES string of the molecule is CCC(CO)C(=O)c1ccccn1. The van der Waals surface area contributed by atoms with Crippen LogP contribution in [0.2, 0.25) is 0 Å². The molecule has 1 atom stereocenters. The van der Waals surface area contributed by atoms with E-state index in [2.05, 4.69) is 4.98 Å². The minimum absolute atomic E-state index is 0.0781. The van der Waals surface area contributed by atoms with Crippen molar-refractivity contribution in [3.63, 3.8) is 0 Å². The van der Waals surface area contributed by atoms with Crippen LogP contribution in [0.15, 0.2) is 24.4 Å². The maximum Gasteiger partial charge on any atom is 0.186 e. The average Bonchev–Trinajstić information content (AvgIpc) is 2.21. The molecule has 0 spiro atoms. The summed E-state index contributed by atoms with van der Waals surface area (Å²) in [6.45, 7) is 1.77. The second-order valence-electron chi connectivity index (χ2n) is 2.87. The third kappa shape index (κ3) is 2.36. The summed E-state index contributed by atoms with van der Waals surface area (Å²) in [6, 6.07) is 5.20. The Labute approximate surface area is 77.4 Å². The van der Waals surface area contributed by atoms with Crippen LogP contribution in [0.1, 0.15) is 23.8 Å². The van der Waals surface area contributed by atoms with E-state index in [0.29, 0.717) is 12.1 Å². The van der Waals surface area contributed by atoms with Crippen LogP contribution in [-0.2, 0) is 0 Å². The van der Waals surface area contributed by atoms with Gasteiger partial charge in [0.05, 0.1) is 6.61 Å². The molecule has 0 fully saturated rings. The number of aliphatic hydroxyl groups excluding tert-OH is 1. The Hall–Kier alpha value is -1.22. The van der Waals surface area contributed by atoms with E-state index < -0.39 is 0 Å². The molecule has 0 bridgehead atoms. The molecule has 1 heterocycles. The second-order valence-corrected chi connectivity index (χ2v) is 2.87. The molecule has 0 saturated carbocycles. The minimum Gasteiger partial charge on any atom is -0.396 e. The number of hydrogen-bond donors (Lipinski definition) is 1. The fourth-order valence-corrected chi connectivity index (χ4v) is 1.12. The van der Waals surface area contributed by atoms with Gasteiger partial charge in [0, 0.05) is 12.1 Å². The second kappa shape index (κ2) is 4.72. The first kappa shape index (κ1) is 9.86. The fourth-order valence-electron chi connectivity index (χ4n) is 1.12. The summed E-state index contributed by atoms with van der Waals surface area (Å²) in [5.74, 6) is -0.388. The first-order valence-corrected chi connectivity index (χ1v) is 4.35. The highest BCUT2D eigenvalue weighted by atomic mass is 16.3. The molecule has 0 radical (unpaired) electrons. The van der Waals surface area contributed by atoms with Gasteiger partial charge in [-0.2, -0.15) is 0 Å². The van der Waals surface area contributed by atoms with Gasteiger partial charge in [-0.15, -0.1) is 0 Å². The van der Waals surface area contributed by atoms with Crippen molar-refractivity contribution in [2.24, 2.45) is 5.92 Å². The number of carbonyl (C=O) groups excluding carboxylic acids is 1. The van der Waals surface area contributed by atoms with Crippen LogP contribution in [-0.4, -0.2) is 22.5 Å². The molecule has 1 aromatic rings. The third-order valence-electron chi connectivity index (χ3n) is 2.00. The van der Waals surface area contributed by atoms with Crippen molar-refractivity contribution >= 4 is 5.78 Å². The molecule has 1 rings (SSSR count). The predicted octanol–water partition coefficient (Wildman–Crippen LogP) is 1.28. The maximum absolute atomic E-state index is 11.6. The molecular formula is C10H13NO2. The number of aromatic nitrogens is 1. The Morgan fingerprint density at radius 2 is 2.38 bits per heavy atom. The molecule has 3 nitrogen and oxygen atoms in total. The number of ketones is 1. The molecule has 1 aromatic heterocycles. The van der Waals surface area contributed by atoms with Crippen LogP contribution >= 0.6 is 0 Å². The van der Waals surface area contributed by atoms with Gasteiger partial charge in [-0.1, -0.05) is 13.0 Å². The third-order valence-corrected chi connectivity index (χ3v) is 2.00. The Morgan fingerprint density at radius 3 is 2.85 bits per heavy atom. The first-order chi connectivity index (χ1) is 6.29. The smallest absolute Gasteiger partial charge is 0.186 e. The van der Waals surface area contributed by atoms with Crippen molar-refractivity contribution in [1.82, 2.24) is 4.98 Å². The number of hydrogen-bond acceptors (Lipinski definition) is 3. The summed E-state index contributed by atoms with van der Waals surface area (Å²) >= 11 is 0. The largest absolute Gasteiger partial charge is 0.396 e. The highest BCUT2D eigenvalue weighted by Gasteiger charge is 2.17. The molecule has 0 aliphatic carbocycles. The normalized spacial score (nSPS) is 12.5. The predicted molar refractivity (Wildman–Crippen MR) is 49.4 cm³/mol. The molecule has 13 heavy (non-hydrogen) atoms. The van der Waals surface area contributed by atoms with Gasteiger partial charge in [0.25, 0.3) is 0 Å². The number of aliphatic hydroxyl groups is 1. The van der Waals surface area contributed by atoms with Crippen LogP contribution in [0.4, 0.5) is 0 Å². The summed E-state index contributed by atoms with van der Waals surface area (Å²) in [5.41, 5.74) is 0.434. The van der Waals surface area contributed by atoms with Gasteiger partial charge in [-0.3, -0.25) is 9.78 Å². The number of nitrogens with zero attached hydrogens (tertiary/aromatic N) is 1. The molecular weight excluding hydrogens is 166 g/mol. The summed E-state index contributed by atoms with van der Waals surface area (Å²) < 4.78 is 0. The molecule has 0 aliphatic heterocycles. The van der Waals surface area contributed by atoms with Crippen molar-refractivity contribution in [2.45, 2.75) is 13.3 Å². The average molecular weight is 179 g/mol. The highest BCUT2D eigenvalue weighted by molar-refractivity contribution is 5.96. The van der Waals surface area contributed by atoms with E-state index in [4.69, 9.17) is 5.11 Å². The number of Topliss-reactive ketones (excluding diaryl/α,β-unsaturated/α-hetero) is 1. The lowest BCUT2D eigenvalue weighted by Gasteiger charge is -2.08. The van der Waals surface area contributed by atoms with Crippen molar-refractivity contribution in [3.8, 4) is 0 Å². The van der Waals surface area contributed by atoms with Crippen LogP contribution in [0.3, 0.4) is 0 Å². The monoisotopic (exact) mass is 179 g/mol. The molecule has 1 unspecified atom stereocenters. The Kier molecular flexibility index (Phi) is 3.58. The fraction of sp³-hybridized carbons (Fsp3) is 0.400. The quantitative estimate of drug-likeness (QED) is 0.708. The summed E-state index contributed by atoms with van der Waals surface area (Å²) in [5, 5.41) is 8.91. The van der Waals surface area contributed by atoms with E-state index in [1.165, 1.54) is 0 Å². The number of carbonyl (C=O) groups is 1. The lowest BCUT2D eigenvalue weighted by molar-refractivity contribution is 0.0851. The van der Waals surface area contributed by atoms with Crippen LogP contribution < -0.4 is 0 Å². The highest BCUT2D eigenvalue weighted by Crippen LogP contribution is 2.09. The van der Waals surface area contributed by atoms with E-state index in [1.807, 2.05) is 6.92 Å². The summed E-state index contributed by atoms with van der Waals surface area (Å²) in [7, 11) is 0. The first-order valence-electron chi connectivity index (χ1n) is 4.35. The summed E-state index contributed by atoms with van der Waals surface area (Å²) in [6.07, 6.45) is 2.23. The Balaban J connectivity index is 2.78. The van der Waals surface area contributed by atoms with Gasteiger partial charge in [-0.05, 0) is 18.6 Å². The molecule has 70 valence electrons. The Morgan fingerprint density at radius 1 is 1.62 bits per heavy atom. The topological polar surface area (TPSA) is 50.2 Å². The molecule has 0 aromatic carbocycles. The molecule has 0 aliphatic rings. The number of pyridine rings is 1. The molecule has 1 N–H and O–H groups in total. The van der Waals surface area contributed by atoms with Gasteiger partial charge in [0.1, 0.15) is 5.69 Å². The van der Waals surface area contributed by atoms with Crippen LogP contribution in [0, 0.1) is 5.92 Å². The van der Waals surface area contributed by atoms with Crippen molar-refractivity contribution in [2.75, 3.05) is 6.61 Å². The van der Waals surface area contributed by atoms with E-state index in [1.54, 1.807) is 24.4 Å². The van der Waals surface area contributed by atoms with E-state index >= 15 is 0 Å². The van der Waals surface area contributed by atoms with Crippen LogP contribution in [0.5, 0.6) is 0 Å². The van der Waals surface area contributed by atoms with E-state index in [0.717, 1.165) is 0 Å². The number of rotatable bonds is 4. The van der Waals surface area contributed by atoms with Gasteiger partial charge >= 0.3 is 0 Å². The Bertz CT molecular complexity index is 268. The lowest BCUT2D eigenvalue weighted by atomic mass is 9.99. The molecule has 3 heteroatoms. The maximum atomic E-state index is 11.6. The van der Waals surface area contributed by atoms with Gasteiger partial charge in [-0.25, -0.2) is 0 Å². The van der Waals surface area contributed by atoms with Crippen LogP contribution in [0.25, 0.3) is 0 Å². The zero-order chi connectivity index (χ0) is 9.68. The van der Waals surface area contributed by atoms with Gasteiger partial charge in [0.2, 0.25) is 0 Å². The zero-order valence-electron chi connectivity index (χ0n) is 7.60. The van der Waals surface area contributed by atoms with Crippen molar-refractivity contribution in [3.05, 3.63) is 30.1 Å². The zero-order valence-corrected chi connectivity index (χ0v) is 7.60. The van der Waals surface area contributed by atoms with E-state index in [-0.39, 0.29) is 18.3 Å². The minimum atomic E-state index is -0.310. The molecule has 0 amide bonds. The van der Waals surface area contributed by atoms with Crippen molar-refractivity contribution < 1.29 is 9.90 Å². The van der Waals surface area contributed by atoms with Gasteiger partial charge in [0.15, 0.2) is 5.78 Å². The standard InChI is InChI=1S/C10H13NO2/c1-2-8(7-12)10(13)9-5-3-4-6-11-9/h3-6,8,12H,2,7H2,1H3. The summed E-state index contributed by atoms with van der Waals surface area (Å²) in [4.78, 5) is 15.5. The van der Waals surface area contributed by atoms with E-state index in [9.17, 15) is 4.79 Å². The van der Waals surface area contributed by atoms with Crippen molar-refractivity contribution in [1.29, 1.82) is 0 Å². The molecule has 0 saturated heterocycles. The lowest BCUT2D eigenvalue weighted by Crippen LogP contribution is -2.18.